The number of anilines is 2. The Bertz CT molecular complexity index is 347. The maximum absolute atomic E-state index is 11.3. The second-order valence-corrected chi connectivity index (χ2v) is 3.34. The smallest absolute Gasteiger partial charge is 0.321 e. The summed E-state index contributed by atoms with van der Waals surface area (Å²) in [5, 5.41) is 2.76. The van der Waals surface area contributed by atoms with Gasteiger partial charge in [-0.1, -0.05) is 6.07 Å². The zero-order chi connectivity index (χ0) is 10.7. The largest absolute Gasteiger partial charge is 0.398 e. The van der Waals surface area contributed by atoms with Crippen LogP contribution >= 0.6 is 0 Å². The van der Waals surface area contributed by atoms with E-state index in [-0.39, 0.29) is 6.03 Å². The van der Waals surface area contributed by atoms with Crippen molar-refractivity contribution in [2.45, 2.75) is 6.92 Å². The Morgan fingerprint density at radius 1 is 1.43 bits per heavy atom. The molecule has 1 aromatic carbocycles. The molecule has 0 unspecified atom stereocenters. The number of nitrogens with one attached hydrogen (secondary N) is 1. The molecule has 76 valence electrons. The number of nitrogens with zero attached hydrogens (tertiary/aromatic N) is 1. The molecule has 0 radical (unpaired) electrons. The highest BCUT2D eigenvalue weighted by Crippen LogP contribution is 2.20. The molecule has 0 bridgehead atoms. The fourth-order valence-corrected chi connectivity index (χ4v) is 1.02. The van der Waals surface area contributed by atoms with E-state index in [2.05, 4.69) is 5.32 Å². The molecule has 3 N–H and O–H groups in total. The topological polar surface area (TPSA) is 58.4 Å². The molecule has 0 saturated carbocycles. The minimum absolute atomic E-state index is 0.154. The first-order valence-electron chi connectivity index (χ1n) is 4.35. The van der Waals surface area contributed by atoms with E-state index >= 15 is 0 Å². The van der Waals surface area contributed by atoms with Crippen molar-refractivity contribution in [3.8, 4) is 0 Å². The molecule has 0 aliphatic carbocycles. The fraction of sp³-hybridized carbons (Fsp3) is 0.300. The first-order chi connectivity index (χ1) is 6.52. The van der Waals surface area contributed by atoms with Crippen LogP contribution in [0.3, 0.4) is 0 Å². The van der Waals surface area contributed by atoms with E-state index in [4.69, 9.17) is 5.73 Å². The number of nitrogens with two attached hydrogens (primary N) is 1. The Labute approximate surface area is 83.7 Å². The molecule has 4 nitrogen and oxygen atoms in total. The van der Waals surface area contributed by atoms with E-state index in [1.54, 1.807) is 20.2 Å². The van der Waals surface area contributed by atoms with Gasteiger partial charge in [-0.25, -0.2) is 4.79 Å². The number of amides is 2. The third-order valence-corrected chi connectivity index (χ3v) is 2.02. The third-order valence-electron chi connectivity index (χ3n) is 2.02. The van der Waals surface area contributed by atoms with Gasteiger partial charge in [-0.15, -0.1) is 0 Å². The van der Waals surface area contributed by atoms with Crippen LogP contribution in [0.25, 0.3) is 0 Å². The van der Waals surface area contributed by atoms with Crippen molar-refractivity contribution >= 4 is 17.4 Å². The maximum atomic E-state index is 11.3. The van der Waals surface area contributed by atoms with Gasteiger partial charge in [0.1, 0.15) is 0 Å². The van der Waals surface area contributed by atoms with Crippen LogP contribution in [0.4, 0.5) is 16.2 Å². The zero-order valence-electron chi connectivity index (χ0n) is 8.66. The molecular formula is C10H15N3O. The lowest BCUT2D eigenvalue weighted by atomic mass is 10.1. The summed E-state index contributed by atoms with van der Waals surface area (Å²) < 4.78 is 0. The van der Waals surface area contributed by atoms with Crippen LogP contribution in [0, 0.1) is 6.92 Å². The summed E-state index contributed by atoms with van der Waals surface area (Å²) in [5.74, 6) is 0. The van der Waals surface area contributed by atoms with Crippen molar-refractivity contribution in [2.75, 3.05) is 25.1 Å². The predicted octanol–water partition coefficient (Wildman–Crippen LogP) is 1.67. The minimum Gasteiger partial charge on any atom is -0.398 e. The van der Waals surface area contributed by atoms with Crippen LogP contribution in [-0.4, -0.2) is 25.0 Å². The molecule has 0 heterocycles. The van der Waals surface area contributed by atoms with Crippen LogP contribution in [0.1, 0.15) is 5.56 Å². The molecule has 0 aromatic heterocycles. The summed E-state index contributed by atoms with van der Waals surface area (Å²) in [6.45, 7) is 1.88. The van der Waals surface area contributed by atoms with E-state index in [0.717, 1.165) is 11.3 Å². The molecule has 4 heteroatoms. The maximum Gasteiger partial charge on any atom is 0.321 e. The van der Waals surface area contributed by atoms with E-state index in [0.29, 0.717) is 5.69 Å². The predicted molar refractivity (Wildman–Crippen MR) is 58.3 cm³/mol. The van der Waals surface area contributed by atoms with Crippen LogP contribution in [0.5, 0.6) is 0 Å². The van der Waals surface area contributed by atoms with Gasteiger partial charge in [-0.05, 0) is 24.6 Å². The number of urea groups is 1. The highest BCUT2D eigenvalue weighted by Gasteiger charge is 2.06. The summed E-state index contributed by atoms with van der Waals surface area (Å²) in [4.78, 5) is 12.8. The SMILES string of the molecule is Cc1c(N)cccc1NC(=O)N(C)C. The molecule has 2 amide bonds. The highest BCUT2D eigenvalue weighted by atomic mass is 16.2. The molecule has 0 fully saturated rings. The van der Waals surface area contributed by atoms with E-state index in [1.165, 1.54) is 4.90 Å². The van der Waals surface area contributed by atoms with Crippen LogP contribution in [-0.2, 0) is 0 Å². The Balaban J connectivity index is 2.87. The second-order valence-electron chi connectivity index (χ2n) is 3.34. The van der Waals surface area contributed by atoms with Crippen LogP contribution in [0.15, 0.2) is 18.2 Å². The second kappa shape index (κ2) is 4.00. The summed E-state index contributed by atoms with van der Waals surface area (Å²) in [7, 11) is 3.38. The molecule has 0 atom stereocenters. The number of rotatable bonds is 1. The van der Waals surface area contributed by atoms with Gasteiger partial charge in [-0.2, -0.15) is 0 Å². The van der Waals surface area contributed by atoms with Gasteiger partial charge in [0.2, 0.25) is 0 Å². The Morgan fingerprint density at radius 3 is 2.64 bits per heavy atom. The molecule has 0 spiro atoms. The molecule has 1 rings (SSSR count). The first kappa shape index (κ1) is 10.4. The molecule has 0 saturated heterocycles. The molecule has 0 aliphatic heterocycles. The lowest BCUT2D eigenvalue weighted by Crippen LogP contribution is -2.27. The third kappa shape index (κ3) is 2.16. The number of nitrogen functional groups attached to an aromatic ring is 1. The summed E-state index contributed by atoms with van der Waals surface area (Å²) >= 11 is 0. The number of hydrogen-bond donors (Lipinski definition) is 2. The highest BCUT2D eigenvalue weighted by molar-refractivity contribution is 5.90. The summed E-state index contributed by atoms with van der Waals surface area (Å²) in [6.07, 6.45) is 0. The van der Waals surface area contributed by atoms with Crippen molar-refractivity contribution < 1.29 is 4.79 Å². The fourth-order valence-electron chi connectivity index (χ4n) is 1.02. The Hall–Kier alpha value is -1.71. The molecule has 14 heavy (non-hydrogen) atoms. The molecular weight excluding hydrogens is 178 g/mol. The monoisotopic (exact) mass is 193 g/mol. The number of carbonyl (C=O) groups is 1. The number of benzene rings is 1. The zero-order valence-corrected chi connectivity index (χ0v) is 8.66. The quantitative estimate of drug-likeness (QED) is 0.666. The Morgan fingerprint density at radius 2 is 2.07 bits per heavy atom. The standard InChI is InChI=1S/C10H15N3O/c1-7-8(11)5-4-6-9(7)12-10(14)13(2)3/h4-6H,11H2,1-3H3,(H,12,14). The average molecular weight is 193 g/mol. The minimum atomic E-state index is -0.154. The Kier molecular flexibility index (Phi) is 2.96. The summed E-state index contributed by atoms with van der Waals surface area (Å²) in [6, 6.07) is 5.29. The van der Waals surface area contributed by atoms with Gasteiger partial charge in [0.05, 0.1) is 0 Å². The first-order valence-corrected chi connectivity index (χ1v) is 4.35. The summed E-state index contributed by atoms with van der Waals surface area (Å²) in [5.41, 5.74) is 8.03. The van der Waals surface area contributed by atoms with Gasteiger partial charge < -0.3 is 16.0 Å². The lowest BCUT2D eigenvalue weighted by molar-refractivity contribution is 0.230. The van der Waals surface area contributed by atoms with Crippen molar-refractivity contribution in [1.82, 2.24) is 4.90 Å². The van der Waals surface area contributed by atoms with Crippen molar-refractivity contribution in [1.29, 1.82) is 0 Å². The lowest BCUT2D eigenvalue weighted by Gasteiger charge is -2.14. The van der Waals surface area contributed by atoms with Crippen LogP contribution in [0.2, 0.25) is 0 Å². The van der Waals surface area contributed by atoms with E-state index in [9.17, 15) is 4.79 Å². The van der Waals surface area contributed by atoms with Gasteiger partial charge >= 0.3 is 6.03 Å². The number of hydrogen-bond acceptors (Lipinski definition) is 2. The molecule has 1 aromatic rings. The van der Waals surface area contributed by atoms with Crippen molar-refractivity contribution in [3.05, 3.63) is 23.8 Å². The van der Waals surface area contributed by atoms with Gasteiger partial charge in [-0.3, -0.25) is 0 Å². The van der Waals surface area contributed by atoms with E-state index < -0.39 is 0 Å². The van der Waals surface area contributed by atoms with E-state index in [1.807, 2.05) is 19.1 Å². The number of carbonyl (C=O) groups excluding carboxylic acids is 1. The van der Waals surface area contributed by atoms with Crippen molar-refractivity contribution in [2.24, 2.45) is 0 Å². The normalized spacial score (nSPS) is 9.64. The van der Waals surface area contributed by atoms with Gasteiger partial charge in [0.15, 0.2) is 0 Å². The average Bonchev–Trinajstić information content (AvgIpc) is 2.12. The molecule has 0 aliphatic rings. The van der Waals surface area contributed by atoms with Gasteiger partial charge in [0.25, 0.3) is 0 Å². The van der Waals surface area contributed by atoms with Crippen molar-refractivity contribution in [3.63, 3.8) is 0 Å². The van der Waals surface area contributed by atoms with Gasteiger partial charge in [0, 0.05) is 25.5 Å². The van der Waals surface area contributed by atoms with Crippen LogP contribution < -0.4 is 11.1 Å².